The van der Waals surface area contributed by atoms with E-state index in [1.807, 2.05) is 0 Å². The molecule has 1 aliphatic rings. The molecule has 2 aromatic carbocycles. The van der Waals surface area contributed by atoms with Gasteiger partial charge in [0.05, 0.1) is 10.9 Å². The van der Waals surface area contributed by atoms with Crippen molar-refractivity contribution < 1.29 is 27.4 Å². The molecule has 2 heterocycles. The number of ether oxygens (including phenoxy) is 1. The van der Waals surface area contributed by atoms with Gasteiger partial charge in [0.15, 0.2) is 0 Å². The maximum Gasteiger partial charge on any atom is 0.450 e. The van der Waals surface area contributed by atoms with E-state index in [9.17, 15) is 23.1 Å². The van der Waals surface area contributed by atoms with Gasteiger partial charge in [-0.15, -0.1) is 0 Å². The molecule has 1 aromatic heterocycles. The van der Waals surface area contributed by atoms with E-state index in [2.05, 4.69) is 0 Å². The fourth-order valence-corrected chi connectivity index (χ4v) is 4.04. The SMILES string of the molecule is C.O=c1c(-c2cccc(Cl)c2)c(C(F)(F)F)oc2c(CC3CCOCC3)c(O)ccc12. The molecule has 0 aliphatic carbocycles. The minimum atomic E-state index is -4.91. The van der Waals surface area contributed by atoms with Crippen molar-refractivity contribution in [2.24, 2.45) is 5.92 Å². The second kappa shape index (κ2) is 8.93. The Hall–Kier alpha value is -2.51. The van der Waals surface area contributed by atoms with Crippen LogP contribution >= 0.6 is 11.6 Å². The van der Waals surface area contributed by atoms with Gasteiger partial charge in [-0.1, -0.05) is 31.2 Å². The van der Waals surface area contributed by atoms with Crippen molar-refractivity contribution in [3.05, 3.63) is 63.0 Å². The Morgan fingerprint density at radius 1 is 1.13 bits per heavy atom. The molecule has 0 atom stereocenters. The highest BCUT2D eigenvalue weighted by atomic mass is 35.5. The Morgan fingerprint density at radius 2 is 1.84 bits per heavy atom. The molecular weight excluding hydrogens is 433 g/mol. The Balaban J connectivity index is 0.00000272. The van der Waals surface area contributed by atoms with Crippen LogP contribution in [-0.4, -0.2) is 18.3 Å². The fourth-order valence-electron chi connectivity index (χ4n) is 3.85. The monoisotopic (exact) mass is 454 g/mol. The number of phenolic OH excluding ortho intramolecular Hbond substituents is 1. The number of hydrogen-bond donors (Lipinski definition) is 1. The van der Waals surface area contributed by atoms with E-state index in [1.54, 1.807) is 0 Å². The van der Waals surface area contributed by atoms with Crippen molar-refractivity contribution in [2.45, 2.75) is 32.9 Å². The van der Waals surface area contributed by atoms with Crippen LogP contribution in [0.25, 0.3) is 22.1 Å². The largest absolute Gasteiger partial charge is 0.508 e. The summed E-state index contributed by atoms with van der Waals surface area (Å²) in [6.45, 7) is 1.10. The first-order valence-corrected chi connectivity index (χ1v) is 9.86. The standard InChI is InChI=1S/C22H18ClF3O4.CH4/c23-14-3-1-2-13(11-14)18-19(28)15-4-5-17(27)16(10-12-6-8-29-9-7-12)20(15)30-21(18)22(24,25)26;/h1-5,11-12,27H,6-10H2;1H4. The van der Waals surface area contributed by atoms with Crippen molar-refractivity contribution in [2.75, 3.05) is 13.2 Å². The first-order valence-electron chi connectivity index (χ1n) is 9.48. The van der Waals surface area contributed by atoms with Crippen molar-refractivity contribution in [1.29, 1.82) is 0 Å². The normalized spacial score (nSPS) is 15.1. The lowest BCUT2D eigenvalue weighted by Gasteiger charge is -2.23. The highest BCUT2D eigenvalue weighted by molar-refractivity contribution is 6.30. The molecule has 0 spiro atoms. The average molecular weight is 455 g/mol. The molecule has 0 amide bonds. The Kier molecular flexibility index (Phi) is 6.67. The van der Waals surface area contributed by atoms with Gasteiger partial charge in [-0.3, -0.25) is 4.79 Å². The number of halogens is 4. The van der Waals surface area contributed by atoms with Gasteiger partial charge in [-0.25, -0.2) is 0 Å². The second-order valence-corrected chi connectivity index (χ2v) is 7.78. The molecular formula is C23H22ClF3O4. The van der Waals surface area contributed by atoms with Crippen molar-refractivity contribution in [1.82, 2.24) is 0 Å². The molecule has 3 aromatic rings. The molecule has 31 heavy (non-hydrogen) atoms. The lowest BCUT2D eigenvalue weighted by molar-refractivity contribution is -0.152. The van der Waals surface area contributed by atoms with E-state index in [-0.39, 0.29) is 46.2 Å². The average Bonchev–Trinajstić information content (AvgIpc) is 2.70. The second-order valence-electron chi connectivity index (χ2n) is 7.34. The molecule has 1 saturated heterocycles. The molecule has 1 fully saturated rings. The van der Waals surface area contributed by atoms with Crippen LogP contribution in [0.2, 0.25) is 5.02 Å². The molecule has 0 saturated carbocycles. The summed E-state index contributed by atoms with van der Waals surface area (Å²) < 4.78 is 52.3. The predicted octanol–water partition coefficient (Wildman–Crippen LogP) is 6.44. The molecule has 4 nitrogen and oxygen atoms in total. The molecule has 1 aliphatic heterocycles. The van der Waals surface area contributed by atoms with Gasteiger partial charge in [-0.05, 0) is 55.0 Å². The van der Waals surface area contributed by atoms with Crippen LogP contribution in [0.1, 0.15) is 31.6 Å². The summed E-state index contributed by atoms with van der Waals surface area (Å²) in [5.41, 5.74) is -1.42. The van der Waals surface area contributed by atoms with Crippen LogP contribution in [0.5, 0.6) is 5.75 Å². The van der Waals surface area contributed by atoms with Gasteiger partial charge in [-0.2, -0.15) is 13.2 Å². The molecule has 1 N–H and O–H groups in total. The van der Waals surface area contributed by atoms with Crippen LogP contribution in [0.4, 0.5) is 13.2 Å². The first kappa shape index (κ1) is 23.2. The summed E-state index contributed by atoms with van der Waals surface area (Å²) in [6, 6.07) is 8.25. The van der Waals surface area contributed by atoms with E-state index in [0.29, 0.717) is 32.5 Å². The van der Waals surface area contributed by atoms with Gasteiger partial charge in [0.1, 0.15) is 11.3 Å². The number of alkyl halides is 3. The van der Waals surface area contributed by atoms with Crippen molar-refractivity contribution in [3.8, 4) is 16.9 Å². The number of phenols is 1. The molecule has 4 rings (SSSR count). The Labute approximate surface area is 182 Å². The van der Waals surface area contributed by atoms with Crippen LogP contribution in [-0.2, 0) is 17.3 Å². The maximum atomic E-state index is 13.9. The van der Waals surface area contributed by atoms with E-state index in [0.717, 1.165) is 0 Å². The predicted molar refractivity (Wildman–Crippen MR) is 114 cm³/mol. The minimum Gasteiger partial charge on any atom is -0.508 e. The third kappa shape index (κ3) is 4.57. The van der Waals surface area contributed by atoms with Gasteiger partial charge >= 0.3 is 6.18 Å². The third-order valence-electron chi connectivity index (χ3n) is 5.34. The van der Waals surface area contributed by atoms with Crippen LogP contribution < -0.4 is 5.43 Å². The van der Waals surface area contributed by atoms with Crippen LogP contribution in [0.15, 0.2) is 45.6 Å². The lowest BCUT2D eigenvalue weighted by Crippen LogP contribution is -2.19. The van der Waals surface area contributed by atoms with Crippen molar-refractivity contribution in [3.63, 3.8) is 0 Å². The van der Waals surface area contributed by atoms with E-state index >= 15 is 0 Å². The van der Waals surface area contributed by atoms with E-state index < -0.39 is 22.9 Å². The molecule has 166 valence electrons. The molecule has 0 unspecified atom stereocenters. The summed E-state index contributed by atoms with van der Waals surface area (Å²) >= 11 is 5.93. The number of benzene rings is 2. The summed E-state index contributed by atoms with van der Waals surface area (Å²) in [6.07, 6.45) is -3.19. The zero-order chi connectivity index (χ0) is 21.5. The minimum absolute atomic E-state index is 0. The Bertz CT molecular complexity index is 1150. The smallest absolute Gasteiger partial charge is 0.450 e. The summed E-state index contributed by atoms with van der Waals surface area (Å²) in [5, 5.41) is 10.5. The van der Waals surface area contributed by atoms with Crippen molar-refractivity contribution >= 4 is 22.6 Å². The number of fused-ring (bicyclic) bond motifs is 1. The quantitative estimate of drug-likeness (QED) is 0.494. The van der Waals surface area contributed by atoms with E-state index in [4.69, 9.17) is 20.8 Å². The third-order valence-corrected chi connectivity index (χ3v) is 5.58. The summed E-state index contributed by atoms with van der Waals surface area (Å²) in [7, 11) is 0. The summed E-state index contributed by atoms with van der Waals surface area (Å²) in [4.78, 5) is 13.2. The molecule has 8 heteroatoms. The van der Waals surface area contributed by atoms with Gasteiger partial charge in [0, 0.05) is 23.8 Å². The number of rotatable bonds is 3. The number of aromatic hydroxyl groups is 1. The molecule has 0 bridgehead atoms. The van der Waals surface area contributed by atoms with Crippen LogP contribution in [0, 0.1) is 5.92 Å². The first-order chi connectivity index (χ1) is 14.3. The number of hydrogen-bond acceptors (Lipinski definition) is 4. The Morgan fingerprint density at radius 3 is 2.48 bits per heavy atom. The van der Waals surface area contributed by atoms with Crippen LogP contribution in [0.3, 0.4) is 0 Å². The highest BCUT2D eigenvalue weighted by Gasteiger charge is 2.40. The van der Waals surface area contributed by atoms with Gasteiger partial charge in [0.25, 0.3) is 0 Å². The maximum absolute atomic E-state index is 13.9. The zero-order valence-corrected chi connectivity index (χ0v) is 16.5. The topological polar surface area (TPSA) is 59.7 Å². The lowest BCUT2D eigenvalue weighted by atomic mass is 9.90. The molecule has 0 radical (unpaired) electrons. The van der Waals surface area contributed by atoms with E-state index in [1.165, 1.54) is 36.4 Å². The highest BCUT2D eigenvalue weighted by Crippen LogP contribution is 2.40. The summed E-state index contributed by atoms with van der Waals surface area (Å²) in [5.74, 6) is -1.48. The fraction of sp³-hybridized carbons (Fsp3) is 0.348. The van der Waals surface area contributed by atoms with Gasteiger partial charge < -0.3 is 14.3 Å². The van der Waals surface area contributed by atoms with Gasteiger partial charge in [0.2, 0.25) is 11.2 Å². The zero-order valence-electron chi connectivity index (χ0n) is 15.8.